The molecule has 0 saturated carbocycles. The first kappa shape index (κ1) is 17.4. The van der Waals surface area contributed by atoms with Gasteiger partial charge in [-0.1, -0.05) is 6.92 Å². The van der Waals surface area contributed by atoms with Crippen LogP contribution >= 0.6 is 0 Å². The molecule has 1 aromatic heterocycles. The fourth-order valence-electron chi connectivity index (χ4n) is 1.82. The molecule has 0 radical (unpaired) electrons. The van der Waals surface area contributed by atoms with E-state index in [-0.39, 0.29) is 0 Å². The highest BCUT2D eigenvalue weighted by molar-refractivity contribution is 5.43. The largest absolute Gasteiger partial charge is 0.381 e. The number of hydrogen-bond acceptors (Lipinski definition) is 7. The van der Waals surface area contributed by atoms with E-state index in [0.29, 0.717) is 17.8 Å². The number of nitrogens with one attached hydrogen (secondary N) is 2. The average Bonchev–Trinajstić information content (AvgIpc) is 2.51. The van der Waals surface area contributed by atoms with Gasteiger partial charge in [0.1, 0.15) is 0 Å². The predicted molar refractivity (Wildman–Crippen MR) is 87.2 cm³/mol. The van der Waals surface area contributed by atoms with Crippen molar-refractivity contribution in [3.8, 4) is 0 Å². The minimum atomic E-state index is 0.580. The summed E-state index contributed by atoms with van der Waals surface area (Å²) in [6.45, 7) is 10.4. The number of ether oxygens (including phenoxy) is 1. The second-order valence-electron chi connectivity index (χ2n) is 4.60. The lowest BCUT2D eigenvalue weighted by atomic mass is 10.4. The number of anilines is 3. The van der Waals surface area contributed by atoms with Gasteiger partial charge in [-0.25, -0.2) is 0 Å². The van der Waals surface area contributed by atoms with E-state index >= 15 is 0 Å². The molecule has 7 heteroatoms. The lowest BCUT2D eigenvalue weighted by Gasteiger charge is -2.19. The highest BCUT2D eigenvalue weighted by Gasteiger charge is 2.10. The Morgan fingerprint density at radius 3 is 2.33 bits per heavy atom. The van der Waals surface area contributed by atoms with Gasteiger partial charge in [-0.2, -0.15) is 15.0 Å². The number of rotatable bonds is 11. The van der Waals surface area contributed by atoms with Crippen molar-refractivity contribution in [3.63, 3.8) is 0 Å². The van der Waals surface area contributed by atoms with Gasteiger partial charge in [0.15, 0.2) is 0 Å². The van der Waals surface area contributed by atoms with Crippen molar-refractivity contribution >= 4 is 17.8 Å². The summed E-state index contributed by atoms with van der Waals surface area (Å²) in [4.78, 5) is 15.3. The molecular weight excluding hydrogens is 268 g/mol. The summed E-state index contributed by atoms with van der Waals surface area (Å²) in [5.41, 5.74) is 0. The molecule has 0 amide bonds. The van der Waals surface area contributed by atoms with Crippen LogP contribution in [0.5, 0.6) is 0 Å². The molecule has 2 N–H and O–H groups in total. The van der Waals surface area contributed by atoms with Gasteiger partial charge in [0.05, 0.1) is 0 Å². The van der Waals surface area contributed by atoms with E-state index in [4.69, 9.17) is 4.74 Å². The molecule has 0 atom stereocenters. The van der Waals surface area contributed by atoms with E-state index in [9.17, 15) is 0 Å². The third kappa shape index (κ3) is 6.12. The van der Waals surface area contributed by atoms with Crippen molar-refractivity contribution in [2.24, 2.45) is 0 Å². The van der Waals surface area contributed by atoms with E-state index in [1.54, 1.807) is 0 Å². The lowest BCUT2D eigenvalue weighted by molar-refractivity contribution is 0.134. The van der Waals surface area contributed by atoms with Crippen LogP contribution < -0.4 is 15.5 Å². The van der Waals surface area contributed by atoms with E-state index < -0.39 is 0 Å². The molecule has 1 rings (SSSR count). The summed E-state index contributed by atoms with van der Waals surface area (Å²) in [7, 11) is 1.81. The fourth-order valence-corrected chi connectivity index (χ4v) is 1.82. The van der Waals surface area contributed by atoms with Crippen LogP contribution in [0.4, 0.5) is 17.8 Å². The van der Waals surface area contributed by atoms with Crippen LogP contribution in [0, 0.1) is 0 Å². The van der Waals surface area contributed by atoms with Gasteiger partial charge in [0, 0.05) is 39.9 Å². The lowest BCUT2D eigenvalue weighted by Crippen LogP contribution is -2.25. The standard InChI is InChI=1S/C14H28N6O/c1-5-10-21-11-8-9-16-13-17-12(15-4)18-14(19-13)20(6-2)7-3/h5-11H2,1-4H3,(H2,15,16,17,18,19). The first-order chi connectivity index (χ1) is 10.2. The zero-order valence-electron chi connectivity index (χ0n) is 13.6. The molecule has 0 fully saturated rings. The molecule has 0 unspecified atom stereocenters. The molecule has 1 heterocycles. The van der Waals surface area contributed by atoms with Crippen molar-refractivity contribution in [1.29, 1.82) is 0 Å². The highest BCUT2D eigenvalue weighted by Crippen LogP contribution is 2.13. The van der Waals surface area contributed by atoms with Crippen molar-refractivity contribution in [2.75, 3.05) is 55.4 Å². The second kappa shape index (κ2) is 10.1. The van der Waals surface area contributed by atoms with E-state index in [1.165, 1.54) is 0 Å². The van der Waals surface area contributed by atoms with Gasteiger partial charge in [-0.05, 0) is 26.7 Å². The Bertz CT molecular complexity index is 397. The number of aromatic nitrogens is 3. The molecule has 21 heavy (non-hydrogen) atoms. The summed E-state index contributed by atoms with van der Waals surface area (Å²) in [6, 6.07) is 0. The maximum absolute atomic E-state index is 5.45. The highest BCUT2D eigenvalue weighted by atomic mass is 16.5. The Balaban J connectivity index is 2.58. The quantitative estimate of drug-likeness (QED) is 0.605. The van der Waals surface area contributed by atoms with Crippen LogP contribution in [0.15, 0.2) is 0 Å². The van der Waals surface area contributed by atoms with Crippen molar-refractivity contribution in [1.82, 2.24) is 15.0 Å². The van der Waals surface area contributed by atoms with Crippen LogP contribution in [-0.2, 0) is 4.74 Å². The second-order valence-corrected chi connectivity index (χ2v) is 4.60. The molecule has 7 nitrogen and oxygen atoms in total. The summed E-state index contributed by atoms with van der Waals surface area (Å²) in [5, 5.41) is 6.21. The van der Waals surface area contributed by atoms with Crippen LogP contribution in [0.3, 0.4) is 0 Å². The molecule has 0 bridgehead atoms. The summed E-state index contributed by atoms with van der Waals surface area (Å²) in [6.07, 6.45) is 1.99. The summed E-state index contributed by atoms with van der Waals surface area (Å²) >= 11 is 0. The van der Waals surface area contributed by atoms with E-state index in [0.717, 1.165) is 45.7 Å². The Morgan fingerprint density at radius 2 is 1.71 bits per heavy atom. The Kier molecular flexibility index (Phi) is 8.42. The molecule has 0 aliphatic heterocycles. The minimum Gasteiger partial charge on any atom is -0.381 e. The SMILES string of the molecule is CCCOCCCNc1nc(NC)nc(N(CC)CC)n1. The molecule has 0 spiro atoms. The predicted octanol–water partition coefficient (Wildman–Crippen LogP) is 1.99. The topological polar surface area (TPSA) is 75.2 Å². The number of hydrogen-bond donors (Lipinski definition) is 2. The Labute approximate surface area is 127 Å². The molecular formula is C14H28N6O. The van der Waals surface area contributed by atoms with Gasteiger partial charge in [0.2, 0.25) is 17.8 Å². The molecule has 0 aliphatic rings. The zero-order valence-corrected chi connectivity index (χ0v) is 13.6. The first-order valence-electron chi connectivity index (χ1n) is 7.75. The molecule has 0 aliphatic carbocycles. The van der Waals surface area contributed by atoms with E-state index in [1.807, 2.05) is 7.05 Å². The monoisotopic (exact) mass is 296 g/mol. The maximum atomic E-state index is 5.45. The maximum Gasteiger partial charge on any atom is 0.231 e. The molecule has 0 aromatic carbocycles. The van der Waals surface area contributed by atoms with Crippen LogP contribution in [0.1, 0.15) is 33.6 Å². The zero-order chi connectivity index (χ0) is 15.5. The molecule has 0 saturated heterocycles. The van der Waals surface area contributed by atoms with E-state index in [2.05, 4.69) is 51.3 Å². The molecule has 1 aromatic rings. The smallest absolute Gasteiger partial charge is 0.231 e. The minimum absolute atomic E-state index is 0.580. The fraction of sp³-hybridized carbons (Fsp3) is 0.786. The van der Waals surface area contributed by atoms with Crippen LogP contribution in [0.25, 0.3) is 0 Å². The normalized spacial score (nSPS) is 10.5. The Hall–Kier alpha value is -1.63. The van der Waals surface area contributed by atoms with Gasteiger partial charge in [-0.15, -0.1) is 0 Å². The van der Waals surface area contributed by atoms with Crippen LogP contribution in [0.2, 0.25) is 0 Å². The third-order valence-corrected chi connectivity index (χ3v) is 2.99. The van der Waals surface area contributed by atoms with Crippen molar-refractivity contribution < 1.29 is 4.74 Å². The van der Waals surface area contributed by atoms with Crippen LogP contribution in [-0.4, -0.2) is 54.8 Å². The van der Waals surface area contributed by atoms with Crippen molar-refractivity contribution in [2.45, 2.75) is 33.6 Å². The Morgan fingerprint density at radius 1 is 1.00 bits per heavy atom. The van der Waals surface area contributed by atoms with Gasteiger partial charge < -0.3 is 20.3 Å². The van der Waals surface area contributed by atoms with Gasteiger partial charge in [-0.3, -0.25) is 0 Å². The van der Waals surface area contributed by atoms with Gasteiger partial charge in [0.25, 0.3) is 0 Å². The third-order valence-electron chi connectivity index (χ3n) is 2.99. The van der Waals surface area contributed by atoms with Crippen molar-refractivity contribution in [3.05, 3.63) is 0 Å². The molecule has 120 valence electrons. The average molecular weight is 296 g/mol. The summed E-state index contributed by atoms with van der Waals surface area (Å²) in [5.74, 6) is 1.88. The first-order valence-corrected chi connectivity index (χ1v) is 7.75. The number of nitrogens with zero attached hydrogens (tertiary/aromatic N) is 4. The van der Waals surface area contributed by atoms with Gasteiger partial charge >= 0.3 is 0 Å². The summed E-state index contributed by atoms with van der Waals surface area (Å²) < 4.78 is 5.45.